The third-order valence-electron chi connectivity index (χ3n) is 3.95. The third kappa shape index (κ3) is 2.27. The van der Waals surface area contributed by atoms with Crippen LogP contribution in [0.2, 0.25) is 0 Å². The number of amides is 2. The van der Waals surface area contributed by atoms with Crippen molar-refractivity contribution in [3.8, 4) is 0 Å². The standard InChI is InChI=1S/C15H17N3O2/c16-15(20)11-4-5-14(19)18(9-11)8-10-2-1-3-13-12(10)6-7-17-13/h1-3,6-7,11,17H,4-5,8-9H2,(H2,16,20)/t11-/m0/s1. The van der Waals surface area contributed by atoms with Gasteiger partial charge in [-0.1, -0.05) is 12.1 Å². The van der Waals surface area contributed by atoms with Gasteiger partial charge < -0.3 is 15.6 Å². The SMILES string of the molecule is NC(=O)[C@H]1CCC(=O)N(Cc2cccc3[nH]ccc23)C1. The molecule has 5 heteroatoms. The number of likely N-dealkylation sites (tertiary alicyclic amines) is 1. The fourth-order valence-electron chi connectivity index (χ4n) is 2.79. The minimum atomic E-state index is -0.317. The number of fused-ring (bicyclic) bond motifs is 1. The maximum absolute atomic E-state index is 12.0. The van der Waals surface area contributed by atoms with Gasteiger partial charge in [0.05, 0.1) is 5.92 Å². The Hall–Kier alpha value is -2.30. The van der Waals surface area contributed by atoms with Crippen LogP contribution in [-0.2, 0) is 16.1 Å². The molecule has 0 bridgehead atoms. The highest BCUT2D eigenvalue weighted by molar-refractivity contribution is 5.85. The lowest BCUT2D eigenvalue weighted by Gasteiger charge is -2.31. The molecule has 20 heavy (non-hydrogen) atoms. The summed E-state index contributed by atoms with van der Waals surface area (Å²) in [5.41, 5.74) is 7.50. The molecule has 2 amide bonds. The van der Waals surface area contributed by atoms with Gasteiger partial charge in [0.1, 0.15) is 0 Å². The van der Waals surface area contributed by atoms with Crippen molar-refractivity contribution in [2.24, 2.45) is 11.7 Å². The number of piperidine rings is 1. The van der Waals surface area contributed by atoms with Crippen molar-refractivity contribution in [3.05, 3.63) is 36.0 Å². The summed E-state index contributed by atoms with van der Waals surface area (Å²) in [6.45, 7) is 0.951. The van der Waals surface area contributed by atoms with Gasteiger partial charge in [-0.25, -0.2) is 0 Å². The first kappa shape index (κ1) is 12.7. The molecule has 1 aromatic carbocycles. The average molecular weight is 271 g/mol. The highest BCUT2D eigenvalue weighted by Gasteiger charge is 2.29. The molecule has 0 saturated carbocycles. The molecule has 1 fully saturated rings. The fraction of sp³-hybridized carbons (Fsp3) is 0.333. The van der Waals surface area contributed by atoms with Crippen LogP contribution >= 0.6 is 0 Å². The van der Waals surface area contributed by atoms with E-state index in [1.165, 1.54) is 0 Å². The minimum Gasteiger partial charge on any atom is -0.369 e. The van der Waals surface area contributed by atoms with E-state index in [2.05, 4.69) is 4.98 Å². The average Bonchev–Trinajstić information content (AvgIpc) is 2.90. The number of carbonyl (C=O) groups is 2. The molecule has 3 rings (SSSR count). The zero-order chi connectivity index (χ0) is 14.1. The van der Waals surface area contributed by atoms with Crippen LogP contribution in [0.5, 0.6) is 0 Å². The van der Waals surface area contributed by atoms with E-state index < -0.39 is 0 Å². The largest absolute Gasteiger partial charge is 0.369 e. The van der Waals surface area contributed by atoms with Crippen LogP contribution < -0.4 is 5.73 Å². The lowest BCUT2D eigenvalue weighted by molar-refractivity contribution is -0.138. The zero-order valence-electron chi connectivity index (χ0n) is 11.1. The number of aromatic amines is 1. The number of nitrogens with zero attached hydrogens (tertiary/aromatic N) is 1. The normalized spacial score (nSPS) is 19.5. The number of rotatable bonds is 3. The summed E-state index contributed by atoms with van der Waals surface area (Å²) in [6.07, 6.45) is 2.86. The quantitative estimate of drug-likeness (QED) is 0.884. The van der Waals surface area contributed by atoms with Crippen molar-refractivity contribution in [3.63, 3.8) is 0 Å². The van der Waals surface area contributed by atoms with E-state index in [4.69, 9.17) is 5.73 Å². The summed E-state index contributed by atoms with van der Waals surface area (Å²) < 4.78 is 0. The molecule has 1 aliphatic heterocycles. The highest BCUT2D eigenvalue weighted by Crippen LogP contribution is 2.23. The van der Waals surface area contributed by atoms with Crippen molar-refractivity contribution in [1.82, 2.24) is 9.88 Å². The highest BCUT2D eigenvalue weighted by atomic mass is 16.2. The Bertz CT molecular complexity index is 662. The Balaban J connectivity index is 1.84. The number of benzene rings is 1. The number of nitrogens with two attached hydrogens (primary N) is 1. The van der Waals surface area contributed by atoms with Gasteiger partial charge in [0, 0.05) is 36.6 Å². The van der Waals surface area contributed by atoms with E-state index in [1.54, 1.807) is 4.90 Å². The minimum absolute atomic E-state index is 0.0926. The molecule has 0 radical (unpaired) electrons. The first-order chi connectivity index (χ1) is 9.65. The molecule has 1 aliphatic rings. The maximum atomic E-state index is 12.0. The second kappa shape index (κ2) is 5.00. The lowest BCUT2D eigenvalue weighted by atomic mass is 9.96. The number of carbonyl (C=O) groups excluding carboxylic acids is 2. The molecule has 5 nitrogen and oxygen atoms in total. The van der Waals surface area contributed by atoms with Crippen LogP contribution in [0.15, 0.2) is 30.5 Å². The number of primary amides is 1. The predicted octanol–water partition coefficient (Wildman–Crippen LogP) is 1.39. The van der Waals surface area contributed by atoms with Crippen molar-refractivity contribution >= 4 is 22.7 Å². The van der Waals surface area contributed by atoms with E-state index in [0.717, 1.165) is 16.5 Å². The second-order valence-corrected chi connectivity index (χ2v) is 5.27. The van der Waals surface area contributed by atoms with Crippen LogP contribution in [0.25, 0.3) is 10.9 Å². The van der Waals surface area contributed by atoms with Gasteiger partial charge in [-0.2, -0.15) is 0 Å². The summed E-state index contributed by atoms with van der Waals surface area (Å²) >= 11 is 0. The van der Waals surface area contributed by atoms with E-state index in [1.807, 2.05) is 30.5 Å². The van der Waals surface area contributed by atoms with Crippen molar-refractivity contribution in [2.45, 2.75) is 19.4 Å². The van der Waals surface area contributed by atoms with Gasteiger partial charge in [-0.05, 0) is 24.1 Å². The Morgan fingerprint density at radius 3 is 3.05 bits per heavy atom. The first-order valence-corrected chi connectivity index (χ1v) is 6.77. The smallest absolute Gasteiger partial charge is 0.222 e. The van der Waals surface area contributed by atoms with Crippen LogP contribution in [-0.4, -0.2) is 28.2 Å². The van der Waals surface area contributed by atoms with E-state index in [9.17, 15) is 9.59 Å². The Kier molecular flexibility index (Phi) is 3.18. The van der Waals surface area contributed by atoms with Crippen molar-refractivity contribution in [1.29, 1.82) is 0 Å². The van der Waals surface area contributed by atoms with Gasteiger partial charge in [0.25, 0.3) is 0 Å². The van der Waals surface area contributed by atoms with Gasteiger partial charge in [-0.3, -0.25) is 9.59 Å². The lowest BCUT2D eigenvalue weighted by Crippen LogP contribution is -2.43. The Morgan fingerprint density at radius 2 is 2.25 bits per heavy atom. The van der Waals surface area contributed by atoms with Crippen molar-refractivity contribution in [2.75, 3.05) is 6.54 Å². The summed E-state index contributed by atoms with van der Waals surface area (Å²) in [7, 11) is 0. The number of hydrogen-bond donors (Lipinski definition) is 2. The van der Waals surface area contributed by atoms with E-state index in [-0.39, 0.29) is 17.7 Å². The number of hydrogen-bond acceptors (Lipinski definition) is 2. The maximum Gasteiger partial charge on any atom is 0.222 e. The second-order valence-electron chi connectivity index (χ2n) is 5.27. The van der Waals surface area contributed by atoms with Crippen LogP contribution in [0.1, 0.15) is 18.4 Å². The van der Waals surface area contributed by atoms with Crippen LogP contribution in [0.4, 0.5) is 0 Å². The molecule has 1 saturated heterocycles. The van der Waals surface area contributed by atoms with E-state index >= 15 is 0 Å². The van der Waals surface area contributed by atoms with Gasteiger partial charge in [-0.15, -0.1) is 0 Å². The Labute approximate surface area is 116 Å². The van der Waals surface area contributed by atoms with E-state index in [0.29, 0.717) is 25.9 Å². The predicted molar refractivity (Wildman–Crippen MR) is 75.6 cm³/mol. The molecule has 1 atom stereocenters. The van der Waals surface area contributed by atoms with Gasteiger partial charge >= 0.3 is 0 Å². The number of nitrogens with one attached hydrogen (secondary N) is 1. The van der Waals surface area contributed by atoms with Gasteiger partial charge in [0.15, 0.2) is 0 Å². The van der Waals surface area contributed by atoms with Gasteiger partial charge in [0.2, 0.25) is 11.8 Å². The summed E-state index contributed by atoms with van der Waals surface area (Å²) in [5.74, 6) is -0.449. The molecule has 0 aliphatic carbocycles. The molecule has 104 valence electrons. The number of H-pyrrole nitrogens is 1. The zero-order valence-corrected chi connectivity index (χ0v) is 11.1. The Morgan fingerprint density at radius 1 is 1.40 bits per heavy atom. The monoisotopic (exact) mass is 271 g/mol. The fourth-order valence-corrected chi connectivity index (χ4v) is 2.79. The summed E-state index contributed by atoms with van der Waals surface area (Å²) in [5, 5.41) is 1.11. The molecule has 3 N–H and O–H groups in total. The summed E-state index contributed by atoms with van der Waals surface area (Å²) in [6, 6.07) is 7.99. The molecular weight excluding hydrogens is 254 g/mol. The molecule has 0 spiro atoms. The molecule has 1 aromatic heterocycles. The van der Waals surface area contributed by atoms with Crippen molar-refractivity contribution < 1.29 is 9.59 Å². The molecular formula is C15H17N3O2. The first-order valence-electron chi connectivity index (χ1n) is 6.77. The topological polar surface area (TPSA) is 79.2 Å². The third-order valence-corrected chi connectivity index (χ3v) is 3.95. The molecule has 0 unspecified atom stereocenters. The van der Waals surface area contributed by atoms with Crippen LogP contribution in [0, 0.1) is 5.92 Å². The number of aromatic nitrogens is 1. The molecule has 2 heterocycles. The summed E-state index contributed by atoms with van der Waals surface area (Å²) in [4.78, 5) is 28.2. The van der Waals surface area contributed by atoms with Crippen LogP contribution in [0.3, 0.4) is 0 Å². The molecule has 2 aromatic rings.